The van der Waals surface area contributed by atoms with E-state index in [-0.39, 0.29) is 11.8 Å². The van der Waals surface area contributed by atoms with Crippen LogP contribution in [-0.2, 0) is 0 Å². The molecule has 138 valence electrons. The van der Waals surface area contributed by atoms with Gasteiger partial charge in [0, 0.05) is 61.1 Å². The number of carbonyl (C=O) groups is 1. The van der Waals surface area contributed by atoms with Gasteiger partial charge in [0.2, 0.25) is 0 Å². The van der Waals surface area contributed by atoms with Gasteiger partial charge in [0.25, 0.3) is 5.91 Å². The molecule has 1 aliphatic rings. The van der Waals surface area contributed by atoms with Gasteiger partial charge in [-0.05, 0) is 42.3 Å². The second-order valence-electron chi connectivity index (χ2n) is 6.93. The number of hydrogen-bond donors (Lipinski definition) is 0. The first-order valence-corrected chi connectivity index (χ1v) is 9.24. The van der Waals surface area contributed by atoms with Crippen LogP contribution in [0.5, 0.6) is 0 Å². The molecule has 0 bridgehead atoms. The van der Waals surface area contributed by atoms with Crippen LogP contribution in [-0.4, -0.2) is 48.7 Å². The Bertz CT molecular complexity index is 1130. The second-order valence-corrected chi connectivity index (χ2v) is 6.93. The van der Waals surface area contributed by atoms with Gasteiger partial charge in [-0.2, -0.15) is 0 Å². The van der Waals surface area contributed by atoms with Crippen LogP contribution in [0.4, 0.5) is 0 Å². The summed E-state index contributed by atoms with van der Waals surface area (Å²) in [5.41, 5.74) is 4.76. The first-order valence-electron chi connectivity index (χ1n) is 9.24. The third-order valence-corrected chi connectivity index (χ3v) is 5.24. The van der Waals surface area contributed by atoms with Crippen LogP contribution in [0.25, 0.3) is 16.6 Å². The van der Waals surface area contributed by atoms with Crippen molar-refractivity contribution >= 4 is 11.4 Å². The number of rotatable bonds is 3. The summed E-state index contributed by atoms with van der Waals surface area (Å²) in [5.74, 6) is 0.233. The van der Waals surface area contributed by atoms with Crippen LogP contribution in [0.2, 0.25) is 0 Å². The fourth-order valence-electron chi connectivity index (χ4n) is 3.76. The lowest BCUT2D eigenvalue weighted by atomic mass is 10.0. The van der Waals surface area contributed by atoms with Crippen molar-refractivity contribution in [2.45, 2.75) is 12.3 Å². The lowest BCUT2D eigenvalue weighted by Gasteiger charge is -2.16. The molecule has 7 heteroatoms. The molecular formula is C21H18N6O. The van der Waals surface area contributed by atoms with Crippen molar-refractivity contribution in [2.24, 2.45) is 0 Å². The van der Waals surface area contributed by atoms with E-state index in [1.807, 2.05) is 27.7 Å². The Morgan fingerprint density at radius 3 is 2.46 bits per heavy atom. The predicted molar refractivity (Wildman–Crippen MR) is 104 cm³/mol. The molecule has 0 saturated carbocycles. The van der Waals surface area contributed by atoms with Gasteiger partial charge in [-0.15, -0.1) is 5.10 Å². The Kier molecular flexibility index (Phi) is 4.05. The van der Waals surface area contributed by atoms with Crippen LogP contribution in [0.15, 0.2) is 67.4 Å². The monoisotopic (exact) mass is 370 g/mol. The van der Waals surface area contributed by atoms with E-state index in [2.05, 4.69) is 32.4 Å². The molecule has 5 heterocycles. The highest BCUT2D eigenvalue weighted by Crippen LogP contribution is 2.30. The highest BCUT2D eigenvalue weighted by atomic mass is 16.2. The molecule has 0 aromatic carbocycles. The van der Waals surface area contributed by atoms with Crippen LogP contribution in [0.3, 0.4) is 0 Å². The molecule has 7 nitrogen and oxygen atoms in total. The zero-order chi connectivity index (χ0) is 18.9. The Hall–Kier alpha value is -3.61. The van der Waals surface area contributed by atoms with Crippen LogP contribution >= 0.6 is 0 Å². The minimum absolute atomic E-state index is 0.0429. The Labute approximate surface area is 161 Å². The summed E-state index contributed by atoms with van der Waals surface area (Å²) in [6, 6.07) is 11.6. The largest absolute Gasteiger partial charge is 0.338 e. The molecule has 1 amide bonds. The summed E-state index contributed by atoms with van der Waals surface area (Å²) in [6.07, 6.45) is 9.72. The van der Waals surface area contributed by atoms with E-state index < -0.39 is 0 Å². The van der Waals surface area contributed by atoms with E-state index in [0.717, 1.165) is 35.3 Å². The van der Waals surface area contributed by atoms with Gasteiger partial charge in [0.1, 0.15) is 0 Å². The quantitative estimate of drug-likeness (QED) is 0.554. The highest BCUT2D eigenvalue weighted by Gasteiger charge is 2.30. The molecule has 4 aromatic heterocycles. The molecule has 28 heavy (non-hydrogen) atoms. The number of likely N-dealkylation sites (tertiary alicyclic amines) is 1. The molecule has 1 saturated heterocycles. The lowest BCUT2D eigenvalue weighted by molar-refractivity contribution is 0.0790. The van der Waals surface area contributed by atoms with E-state index in [1.165, 1.54) is 0 Å². The zero-order valence-corrected chi connectivity index (χ0v) is 15.1. The Balaban J connectivity index is 1.39. The molecule has 1 atom stereocenters. The maximum atomic E-state index is 12.7. The van der Waals surface area contributed by atoms with Crippen molar-refractivity contribution in [2.75, 3.05) is 13.1 Å². The third kappa shape index (κ3) is 2.90. The summed E-state index contributed by atoms with van der Waals surface area (Å²) in [4.78, 5) is 22.6. The van der Waals surface area contributed by atoms with E-state index in [1.54, 1.807) is 36.9 Å². The maximum absolute atomic E-state index is 12.7. The van der Waals surface area contributed by atoms with Crippen molar-refractivity contribution in [1.29, 1.82) is 0 Å². The number of pyridine rings is 3. The second kappa shape index (κ2) is 6.84. The third-order valence-electron chi connectivity index (χ3n) is 5.24. The summed E-state index contributed by atoms with van der Waals surface area (Å²) >= 11 is 0. The molecule has 1 aliphatic heterocycles. The zero-order valence-electron chi connectivity index (χ0n) is 15.1. The molecule has 0 spiro atoms. The van der Waals surface area contributed by atoms with Crippen molar-refractivity contribution < 1.29 is 4.79 Å². The SMILES string of the molecule is O=C(c1ccncc1)N1CCC(c2nnn3cc(-c4ccncc4)ccc23)C1. The summed E-state index contributed by atoms with van der Waals surface area (Å²) in [5, 5.41) is 8.75. The van der Waals surface area contributed by atoms with Gasteiger partial charge in [-0.3, -0.25) is 14.8 Å². The number of nitrogens with zero attached hydrogens (tertiary/aromatic N) is 6. The molecular weight excluding hydrogens is 352 g/mol. The number of fused-ring (bicyclic) bond motifs is 1. The van der Waals surface area contributed by atoms with Crippen molar-refractivity contribution in [3.05, 3.63) is 78.6 Å². The smallest absolute Gasteiger partial charge is 0.253 e. The van der Waals surface area contributed by atoms with E-state index in [4.69, 9.17) is 0 Å². The van der Waals surface area contributed by atoms with Crippen LogP contribution in [0, 0.1) is 0 Å². The normalized spacial score (nSPS) is 16.6. The summed E-state index contributed by atoms with van der Waals surface area (Å²) in [6.45, 7) is 1.38. The molecule has 0 radical (unpaired) electrons. The number of aromatic nitrogens is 5. The fraction of sp³-hybridized carbons (Fsp3) is 0.190. The van der Waals surface area contributed by atoms with Crippen LogP contribution < -0.4 is 0 Å². The predicted octanol–water partition coefficient (Wildman–Crippen LogP) is 2.82. The summed E-state index contributed by atoms with van der Waals surface area (Å²) in [7, 11) is 0. The fourth-order valence-corrected chi connectivity index (χ4v) is 3.76. The first kappa shape index (κ1) is 16.6. The molecule has 5 rings (SSSR count). The number of carbonyl (C=O) groups excluding carboxylic acids is 1. The van der Waals surface area contributed by atoms with Gasteiger partial charge in [-0.1, -0.05) is 11.3 Å². The van der Waals surface area contributed by atoms with Crippen molar-refractivity contribution in [1.82, 2.24) is 29.7 Å². The highest BCUT2D eigenvalue weighted by molar-refractivity contribution is 5.94. The maximum Gasteiger partial charge on any atom is 0.253 e. The average Bonchev–Trinajstić information content (AvgIpc) is 3.41. The minimum Gasteiger partial charge on any atom is -0.338 e. The molecule has 0 aliphatic carbocycles. The minimum atomic E-state index is 0.0429. The van der Waals surface area contributed by atoms with E-state index in [9.17, 15) is 4.79 Å². The van der Waals surface area contributed by atoms with Crippen molar-refractivity contribution in [3.63, 3.8) is 0 Å². The Morgan fingerprint density at radius 1 is 0.929 bits per heavy atom. The standard InChI is InChI=1S/C21H18N6O/c28-21(16-5-10-23-11-6-16)26-12-7-18(13-26)20-19-2-1-17(14-27(19)25-24-20)15-3-8-22-9-4-15/h1-6,8-11,14,18H,7,12-13H2. The lowest BCUT2D eigenvalue weighted by Crippen LogP contribution is -2.28. The molecule has 4 aromatic rings. The van der Waals surface area contributed by atoms with E-state index in [0.29, 0.717) is 12.1 Å². The molecule has 0 N–H and O–H groups in total. The number of amides is 1. The Morgan fingerprint density at radius 2 is 1.68 bits per heavy atom. The van der Waals surface area contributed by atoms with Crippen molar-refractivity contribution in [3.8, 4) is 11.1 Å². The first-order chi connectivity index (χ1) is 13.8. The molecule has 1 unspecified atom stereocenters. The number of hydrogen-bond acceptors (Lipinski definition) is 5. The molecule has 1 fully saturated rings. The van der Waals surface area contributed by atoms with Gasteiger partial charge < -0.3 is 4.90 Å². The van der Waals surface area contributed by atoms with Gasteiger partial charge in [0.15, 0.2) is 0 Å². The van der Waals surface area contributed by atoms with Gasteiger partial charge >= 0.3 is 0 Å². The topological polar surface area (TPSA) is 76.3 Å². The summed E-state index contributed by atoms with van der Waals surface area (Å²) < 4.78 is 1.82. The average molecular weight is 370 g/mol. The van der Waals surface area contributed by atoms with E-state index >= 15 is 0 Å². The van der Waals surface area contributed by atoms with Gasteiger partial charge in [-0.25, -0.2) is 4.52 Å². The van der Waals surface area contributed by atoms with Crippen LogP contribution in [0.1, 0.15) is 28.4 Å². The van der Waals surface area contributed by atoms with Gasteiger partial charge in [0.05, 0.1) is 11.2 Å².